The molecule has 2 aromatic rings. The SMILES string of the molecule is Cc1ccc(OS(=O)(=O)c2ccc([N+](=O)[O-])cc2)cc1OC(C)C. The molecule has 0 aliphatic heterocycles. The van der Waals surface area contributed by atoms with E-state index in [1.165, 1.54) is 12.1 Å². The second-order valence-electron chi connectivity index (χ2n) is 5.38. The van der Waals surface area contributed by atoms with Crippen LogP contribution in [-0.4, -0.2) is 19.4 Å². The molecule has 0 aromatic heterocycles. The van der Waals surface area contributed by atoms with E-state index in [9.17, 15) is 18.5 Å². The van der Waals surface area contributed by atoms with Gasteiger partial charge in [0.25, 0.3) is 5.69 Å². The van der Waals surface area contributed by atoms with E-state index in [1.807, 2.05) is 20.8 Å². The third kappa shape index (κ3) is 4.23. The molecule has 2 rings (SSSR count). The second kappa shape index (κ2) is 6.88. The Morgan fingerprint density at radius 3 is 2.25 bits per heavy atom. The van der Waals surface area contributed by atoms with Crippen LogP contribution in [0, 0.1) is 17.0 Å². The van der Waals surface area contributed by atoms with Crippen LogP contribution < -0.4 is 8.92 Å². The minimum Gasteiger partial charge on any atom is -0.491 e. The van der Waals surface area contributed by atoms with Crippen LogP contribution in [0.3, 0.4) is 0 Å². The molecule has 0 spiro atoms. The third-order valence-electron chi connectivity index (χ3n) is 3.06. The van der Waals surface area contributed by atoms with Gasteiger partial charge in [0.1, 0.15) is 16.4 Å². The summed E-state index contributed by atoms with van der Waals surface area (Å²) in [5, 5.41) is 10.6. The lowest BCUT2D eigenvalue weighted by molar-refractivity contribution is -0.384. The van der Waals surface area contributed by atoms with Crippen LogP contribution in [0.1, 0.15) is 19.4 Å². The van der Waals surface area contributed by atoms with E-state index < -0.39 is 15.0 Å². The molecule has 128 valence electrons. The highest BCUT2D eigenvalue weighted by molar-refractivity contribution is 7.87. The van der Waals surface area contributed by atoms with Crippen LogP contribution in [0.15, 0.2) is 47.4 Å². The Bertz CT molecular complexity index is 843. The predicted octanol–water partition coefficient (Wildman–Crippen LogP) is 3.46. The number of nitrogens with zero attached hydrogens (tertiary/aromatic N) is 1. The molecule has 7 nitrogen and oxygen atoms in total. The van der Waals surface area contributed by atoms with Gasteiger partial charge in [-0.05, 0) is 44.5 Å². The fraction of sp³-hybridized carbons (Fsp3) is 0.250. The van der Waals surface area contributed by atoms with Crippen molar-refractivity contribution in [3.05, 3.63) is 58.1 Å². The molecule has 0 fully saturated rings. The fourth-order valence-corrected chi connectivity index (χ4v) is 2.85. The van der Waals surface area contributed by atoms with Crippen molar-refractivity contribution in [3.63, 3.8) is 0 Å². The summed E-state index contributed by atoms with van der Waals surface area (Å²) in [4.78, 5) is 9.85. The van der Waals surface area contributed by atoms with Gasteiger partial charge in [0.15, 0.2) is 0 Å². The van der Waals surface area contributed by atoms with E-state index in [2.05, 4.69) is 0 Å². The molecule has 0 amide bonds. The van der Waals surface area contributed by atoms with Crippen LogP contribution >= 0.6 is 0 Å². The smallest absolute Gasteiger partial charge is 0.339 e. The zero-order chi connectivity index (χ0) is 17.9. The third-order valence-corrected chi connectivity index (χ3v) is 4.33. The number of ether oxygens (including phenoxy) is 1. The first-order valence-corrected chi connectivity index (χ1v) is 8.56. The maximum absolute atomic E-state index is 12.3. The highest BCUT2D eigenvalue weighted by Gasteiger charge is 2.19. The molecule has 0 saturated carbocycles. The zero-order valence-corrected chi connectivity index (χ0v) is 14.2. The van der Waals surface area contributed by atoms with Gasteiger partial charge in [0, 0.05) is 18.2 Å². The quantitative estimate of drug-likeness (QED) is 0.449. The molecule has 0 aliphatic carbocycles. The monoisotopic (exact) mass is 351 g/mol. The Kier molecular flexibility index (Phi) is 5.08. The zero-order valence-electron chi connectivity index (χ0n) is 13.4. The second-order valence-corrected chi connectivity index (χ2v) is 6.93. The molecule has 24 heavy (non-hydrogen) atoms. The van der Waals surface area contributed by atoms with Crippen molar-refractivity contribution in [2.75, 3.05) is 0 Å². The Morgan fingerprint density at radius 1 is 1.08 bits per heavy atom. The van der Waals surface area contributed by atoms with Gasteiger partial charge in [-0.15, -0.1) is 0 Å². The first-order chi connectivity index (χ1) is 11.2. The van der Waals surface area contributed by atoms with E-state index in [4.69, 9.17) is 8.92 Å². The average molecular weight is 351 g/mol. The topological polar surface area (TPSA) is 95.7 Å². The highest BCUT2D eigenvalue weighted by atomic mass is 32.2. The minimum atomic E-state index is -4.09. The molecule has 0 saturated heterocycles. The molecule has 8 heteroatoms. The van der Waals surface area contributed by atoms with Crippen molar-refractivity contribution in [2.45, 2.75) is 31.8 Å². The molecule has 0 N–H and O–H groups in total. The van der Waals surface area contributed by atoms with Crippen molar-refractivity contribution in [2.24, 2.45) is 0 Å². The molecule has 2 aromatic carbocycles. The van der Waals surface area contributed by atoms with Gasteiger partial charge in [-0.2, -0.15) is 8.42 Å². The maximum Gasteiger partial charge on any atom is 0.339 e. The number of hydrogen-bond donors (Lipinski definition) is 0. The molecular formula is C16H17NO6S. The normalized spacial score (nSPS) is 11.3. The van der Waals surface area contributed by atoms with Crippen LogP contribution in [0.25, 0.3) is 0 Å². The molecule has 0 atom stereocenters. The summed E-state index contributed by atoms with van der Waals surface area (Å²) in [6, 6.07) is 9.19. The molecule has 0 unspecified atom stereocenters. The molecular weight excluding hydrogens is 334 g/mol. The van der Waals surface area contributed by atoms with Crippen molar-refractivity contribution in [1.82, 2.24) is 0 Å². The highest BCUT2D eigenvalue weighted by Crippen LogP contribution is 2.28. The summed E-state index contributed by atoms with van der Waals surface area (Å²) in [6.07, 6.45) is -0.0646. The number of non-ortho nitro benzene ring substituents is 1. The van der Waals surface area contributed by atoms with Gasteiger partial charge < -0.3 is 8.92 Å². The van der Waals surface area contributed by atoms with Crippen LogP contribution in [0.4, 0.5) is 5.69 Å². The summed E-state index contributed by atoms with van der Waals surface area (Å²) >= 11 is 0. The van der Waals surface area contributed by atoms with Gasteiger partial charge in [0.05, 0.1) is 11.0 Å². The summed E-state index contributed by atoms with van der Waals surface area (Å²) in [5.74, 6) is 0.635. The number of hydrogen-bond acceptors (Lipinski definition) is 6. The number of nitro groups is 1. The van der Waals surface area contributed by atoms with Crippen molar-refractivity contribution >= 4 is 15.8 Å². The van der Waals surface area contributed by atoms with E-state index in [0.29, 0.717) is 5.75 Å². The Hall–Kier alpha value is -2.61. The Labute approximate surface area is 140 Å². The minimum absolute atomic E-state index is 0.0646. The van der Waals surface area contributed by atoms with Gasteiger partial charge in [-0.3, -0.25) is 10.1 Å². The first-order valence-electron chi connectivity index (χ1n) is 7.15. The predicted molar refractivity (Wildman–Crippen MR) is 87.9 cm³/mol. The van der Waals surface area contributed by atoms with E-state index in [-0.39, 0.29) is 22.4 Å². The average Bonchev–Trinajstić information content (AvgIpc) is 2.50. The lowest BCUT2D eigenvalue weighted by Crippen LogP contribution is -2.11. The summed E-state index contributed by atoms with van der Waals surface area (Å²) in [5.41, 5.74) is 0.653. The molecule has 0 radical (unpaired) electrons. The van der Waals surface area contributed by atoms with E-state index in [0.717, 1.165) is 29.8 Å². The summed E-state index contributed by atoms with van der Waals surface area (Å²) in [7, 11) is -4.09. The number of rotatable bonds is 6. The number of benzene rings is 2. The largest absolute Gasteiger partial charge is 0.491 e. The molecule has 0 aliphatic rings. The van der Waals surface area contributed by atoms with Gasteiger partial charge in [-0.1, -0.05) is 6.07 Å². The Morgan fingerprint density at radius 2 is 1.71 bits per heavy atom. The van der Waals surface area contributed by atoms with Crippen LogP contribution in [-0.2, 0) is 10.1 Å². The standard InChI is InChI=1S/C16H17NO6S/c1-11(2)22-16-10-14(7-4-12(16)3)23-24(20,21)15-8-5-13(6-9-15)17(18)19/h4-11H,1-3H3. The molecule has 0 bridgehead atoms. The Balaban J connectivity index is 2.27. The van der Waals surface area contributed by atoms with E-state index in [1.54, 1.807) is 6.07 Å². The first kappa shape index (κ1) is 17.7. The van der Waals surface area contributed by atoms with Crippen LogP contribution in [0.5, 0.6) is 11.5 Å². The van der Waals surface area contributed by atoms with Gasteiger partial charge >= 0.3 is 10.1 Å². The number of aryl methyl sites for hydroxylation is 1. The van der Waals surface area contributed by atoms with Gasteiger partial charge in [-0.25, -0.2) is 0 Å². The fourth-order valence-electron chi connectivity index (χ4n) is 1.92. The van der Waals surface area contributed by atoms with Crippen LogP contribution in [0.2, 0.25) is 0 Å². The number of nitro benzene ring substituents is 1. The van der Waals surface area contributed by atoms with Gasteiger partial charge in [0.2, 0.25) is 0 Å². The molecule has 0 heterocycles. The summed E-state index contributed by atoms with van der Waals surface area (Å²) in [6.45, 7) is 5.56. The van der Waals surface area contributed by atoms with Crippen molar-refractivity contribution < 1.29 is 22.3 Å². The van der Waals surface area contributed by atoms with Crippen molar-refractivity contribution in [1.29, 1.82) is 0 Å². The van der Waals surface area contributed by atoms with Crippen molar-refractivity contribution in [3.8, 4) is 11.5 Å². The maximum atomic E-state index is 12.3. The lowest BCUT2D eigenvalue weighted by atomic mass is 10.2. The van der Waals surface area contributed by atoms with E-state index >= 15 is 0 Å². The lowest BCUT2D eigenvalue weighted by Gasteiger charge is -2.14. The summed E-state index contributed by atoms with van der Waals surface area (Å²) < 4.78 is 35.2.